The fourth-order valence-electron chi connectivity index (χ4n) is 0.675. The van der Waals surface area contributed by atoms with Crippen molar-refractivity contribution in [3.05, 3.63) is 0 Å². The summed E-state index contributed by atoms with van der Waals surface area (Å²) in [7, 11) is 1.16. The largest absolute Gasteiger partial charge is 0.469 e. The number of hydrogen-bond acceptors (Lipinski definition) is 6. The van der Waals surface area contributed by atoms with Crippen LogP contribution >= 0.6 is 0 Å². The third-order valence-electron chi connectivity index (χ3n) is 1.15. The van der Waals surface area contributed by atoms with E-state index < -0.39 is 30.6 Å². The van der Waals surface area contributed by atoms with Crippen molar-refractivity contribution in [1.82, 2.24) is 0 Å². The van der Waals surface area contributed by atoms with Crippen molar-refractivity contribution in [2.24, 2.45) is 0 Å². The molecule has 0 aromatic heterocycles. The van der Waals surface area contributed by atoms with Crippen LogP contribution in [0, 0.1) is 0 Å². The highest BCUT2D eigenvalue weighted by Gasteiger charge is 2.15. The van der Waals surface area contributed by atoms with E-state index in [-0.39, 0.29) is 0 Å². The molecule has 0 bridgehead atoms. The van der Waals surface area contributed by atoms with E-state index >= 15 is 0 Å². The first-order valence-electron chi connectivity index (χ1n) is 3.89. The van der Waals surface area contributed by atoms with Gasteiger partial charge in [-0.1, -0.05) is 0 Å². The molecule has 0 heterocycles. The first kappa shape index (κ1) is 12.4. The van der Waals surface area contributed by atoms with Gasteiger partial charge in [0.05, 0.1) is 7.11 Å². The molecular weight excluding hydrogens is 192 g/mol. The third kappa shape index (κ3) is 5.99. The summed E-state index contributed by atoms with van der Waals surface area (Å²) in [6.45, 7) is 2.56. The van der Waals surface area contributed by atoms with Crippen molar-refractivity contribution in [3.63, 3.8) is 0 Å². The molecule has 14 heavy (non-hydrogen) atoms. The second kappa shape index (κ2) is 5.95. The molecule has 0 saturated heterocycles. The number of hydrogen-bond donors (Lipinski definition) is 0. The van der Waals surface area contributed by atoms with Gasteiger partial charge in [-0.15, -0.1) is 0 Å². The second-order valence-electron chi connectivity index (χ2n) is 2.42. The maximum absolute atomic E-state index is 10.9. The number of rotatable bonds is 4. The standard InChI is InChI=1S/C8H12O6/c1-5(9)13-6(2)14-8(11)4-7(10)12-3/h6H,4H2,1-3H3. The van der Waals surface area contributed by atoms with E-state index in [1.165, 1.54) is 13.8 Å². The molecule has 6 heteroatoms. The van der Waals surface area contributed by atoms with Crippen molar-refractivity contribution in [1.29, 1.82) is 0 Å². The summed E-state index contributed by atoms with van der Waals surface area (Å²) in [5, 5.41) is 0. The third-order valence-corrected chi connectivity index (χ3v) is 1.15. The van der Waals surface area contributed by atoms with Gasteiger partial charge in [0.25, 0.3) is 0 Å². The number of methoxy groups -OCH3 is 1. The minimum absolute atomic E-state index is 0.498. The molecule has 80 valence electrons. The lowest BCUT2D eigenvalue weighted by Crippen LogP contribution is -2.22. The molecule has 0 fully saturated rings. The highest BCUT2D eigenvalue weighted by molar-refractivity contribution is 5.91. The second-order valence-corrected chi connectivity index (χ2v) is 2.42. The van der Waals surface area contributed by atoms with Crippen LogP contribution in [0.1, 0.15) is 20.3 Å². The molecule has 1 atom stereocenters. The zero-order valence-corrected chi connectivity index (χ0v) is 8.23. The molecule has 0 rings (SSSR count). The predicted octanol–water partition coefficient (Wildman–Crippen LogP) is 0.00180. The normalized spacial score (nSPS) is 11.4. The molecular formula is C8H12O6. The molecule has 0 radical (unpaired) electrons. The Balaban J connectivity index is 3.82. The molecule has 0 aromatic rings. The van der Waals surface area contributed by atoms with Crippen LogP contribution in [0.15, 0.2) is 0 Å². The Morgan fingerprint density at radius 1 is 1.14 bits per heavy atom. The smallest absolute Gasteiger partial charge is 0.320 e. The lowest BCUT2D eigenvalue weighted by atomic mass is 10.4. The van der Waals surface area contributed by atoms with E-state index in [2.05, 4.69) is 14.2 Å². The van der Waals surface area contributed by atoms with E-state index in [0.717, 1.165) is 7.11 Å². The fraction of sp³-hybridized carbons (Fsp3) is 0.625. The Labute approximate surface area is 81.1 Å². The van der Waals surface area contributed by atoms with Crippen LogP contribution in [0.2, 0.25) is 0 Å². The van der Waals surface area contributed by atoms with Gasteiger partial charge in [0.1, 0.15) is 6.42 Å². The summed E-state index contributed by atoms with van der Waals surface area (Å²) >= 11 is 0. The topological polar surface area (TPSA) is 78.9 Å². The van der Waals surface area contributed by atoms with Gasteiger partial charge < -0.3 is 14.2 Å². The average molecular weight is 204 g/mol. The van der Waals surface area contributed by atoms with E-state index in [4.69, 9.17) is 0 Å². The van der Waals surface area contributed by atoms with Crippen LogP contribution in [0.3, 0.4) is 0 Å². The van der Waals surface area contributed by atoms with Crippen LogP contribution < -0.4 is 0 Å². The van der Waals surface area contributed by atoms with Gasteiger partial charge in [-0.3, -0.25) is 14.4 Å². The van der Waals surface area contributed by atoms with Crippen LogP contribution in [0.4, 0.5) is 0 Å². The number of esters is 3. The minimum atomic E-state index is -0.996. The minimum Gasteiger partial charge on any atom is -0.469 e. The average Bonchev–Trinajstić information content (AvgIpc) is 2.01. The first-order valence-corrected chi connectivity index (χ1v) is 3.89. The molecule has 0 N–H and O–H groups in total. The van der Waals surface area contributed by atoms with Gasteiger partial charge in [-0.2, -0.15) is 0 Å². The summed E-state index contributed by atoms with van der Waals surface area (Å²) in [5.41, 5.74) is 0. The molecule has 0 aromatic carbocycles. The summed E-state index contributed by atoms with van der Waals surface area (Å²) in [5.74, 6) is -2.07. The van der Waals surface area contributed by atoms with Gasteiger partial charge >= 0.3 is 17.9 Å². The maximum Gasteiger partial charge on any atom is 0.320 e. The zero-order chi connectivity index (χ0) is 11.1. The summed E-state index contributed by atoms with van der Waals surface area (Å²) in [6.07, 6.45) is -1.49. The Morgan fingerprint density at radius 3 is 2.14 bits per heavy atom. The molecule has 1 unspecified atom stereocenters. The lowest BCUT2D eigenvalue weighted by molar-refractivity contribution is -0.183. The molecule has 0 aliphatic rings. The van der Waals surface area contributed by atoms with E-state index in [0.29, 0.717) is 0 Å². The number of carbonyl (C=O) groups excluding carboxylic acids is 3. The first-order chi connectivity index (χ1) is 6.45. The lowest BCUT2D eigenvalue weighted by Gasteiger charge is -2.11. The van der Waals surface area contributed by atoms with Gasteiger partial charge in [-0.05, 0) is 0 Å². The zero-order valence-electron chi connectivity index (χ0n) is 8.23. The van der Waals surface area contributed by atoms with Gasteiger partial charge in [0.15, 0.2) is 0 Å². The van der Waals surface area contributed by atoms with Crippen molar-refractivity contribution in [2.75, 3.05) is 7.11 Å². The van der Waals surface area contributed by atoms with Crippen molar-refractivity contribution < 1.29 is 28.6 Å². The quantitative estimate of drug-likeness (QED) is 0.364. The molecule has 0 aliphatic carbocycles. The van der Waals surface area contributed by atoms with Crippen molar-refractivity contribution in [2.45, 2.75) is 26.6 Å². The predicted molar refractivity (Wildman–Crippen MR) is 44.0 cm³/mol. The van der Waals surface area contributed by atoms with E-state index in [9.17, 15) is 14.4 Å². The fourth-order valence-corrected chi connectivity index (χ4v) is 0.675. The van der Waals surface area contributed by atoms with Crippen LogP contribution in [-0.2, 0) is 28.6 Å². The van der Waals surface area contributed by atoms with Crippen LogP contribution in [0.5, 0.6) is 0 Å². The van der Waals surface area contributed by atoms with Crippen molar-refractivity contribution in [3.8, 4) is 0 Å². The van der Waals surface area contributed by atoms with Gasteiger partial charge in [-0.25, -0.2) is 0 Å². The summed E-state index contributed by atoms with van der Waals surface area (Å²) in [6, 6.07) is 0. The Kier molecular flexibility index (Phi) is 5.28. The Hall–Kier alpha value is -1.59. The molecule has 0 saturated carbocycles. The number of carbonyl (C=O) groups is 3. The monoisotopic (exact) mass is 204 g/mol. The van der Waals surface area contributed by atoms with Crippen LogP contribution in [-0.4, -0.2) is 31.3 Å². The SMILES string of the molecule is COC(=O)CC(=O)OC(C)OC(C)=O. The Bertz CT molecular complexity index is 234. The van der Waals surface area contributed by atoms with Gasteiger partial charge in [0.2, 0.25) is 6.29 Å². The summed E-state index contributed by atoms with van der Waals surface area (Å²) in [4.78, 5) is 31.9. The highest BCUT2D eigenvalue weighted by atomic mass is 16.7. The van der Waals surface area contributed by atoms with Gasteiger partial charge in [0, 0.05) is 13.8 Å². The number of ether oxygens (including phenoxy) is 3. The maximum atomic E-state index is 10.9. The van der Waals surface area contributed by atoms with E-state index in [1.807, 2.05) is 0 Å². The van der Waals surface area contributed by atoms with Crippen LogP contribution in [0.25, 0.3) is 0 Å². The molecule has 0 spiro atoms. The summed E-state index contributed by atoms with van der Waals surface area (Å²) < 4.78 is 13.3. The van der Waals surface area contributed by atoms with Crippen molar-refractivity contribution >= 4 is 17.9 Å². The van der Waals surface area contributed by atoms with E-state index in [1.54, 1.807) is 0 Å². The highest BCUT2D eigenvalue weighted by Crippen LogP contribution is 1.98. The molecule has 6 nitrogen and oxygen atoms in total. The molecule has 0 aliphatic heterocycles. The Morgan fingerprint density at radius 2 is 1.71 bits per heavy atom. The molecule has 0 amide bonds.